The second-order valence-corrected chi connectivity index (χ2v) is 9.52. The molecule has 0 radical (unpaired) electrons. The highest BCUT2D eigenvalue weighted by molar-refractivity contribution is 7.99. The van der Waals surface area contributed by atoms with Crippen LogP contribution >= 0.6 is 23.4 Å². The molecule has 5 rings (SSSR count). The van der Waals surface area contributed by atoms with Gasteiger partial charge in [-0.25, -0.2) is 0 Å². The number of carbonyl (C=O) groups excluding carboxylic acids is 1. The van der Waals surface area contributed by atoms with E-state index in [4.69, 9.17) is 16.3 Å². The quantitative estimate of drug-likeness (QED) is 0.286. The molecule has 1 aliphatic rings. The van der Waals surface area contributed by atoms with Gasteiger partial charge in [-0.2, -0.15) is 0 Å². The topological polar surface area (TPSA) is 60.2 Å². The lowest BCUT2D eigenvalue weighted by atomic mass is 10.0. The first-order valence-corrected chi connectivity index (χ1v) is 13.0. The minimum atomic E-state index is 0.0627. The van der Waals surface area contributed by atoms with Crippen molar-refractivity contribution in [2.45, 2.75) is 24.9 Å². The Morgan fingerprint density at radius 2 is 1.89 bits per heavy atom. The minimum absolute atomic E-state index is 0.0627. The summed E-state index contributed by atoms with van der Waals surface area (Å²) in [7, 11) is 0. The number of rotatable bonds is 7. The molecule has 0 spiro atoms. The van der Waals surface area contributed by atoms with Gasteiger partial charge in [0.15, 0.2) is 11.0 Å². The summed E-state index contributed by atoms with van der Waals surface area (Å²) >= 11 is 7.64. The first-order chi connectivity index (χ1) is 17.1. The SMILES string of the molecule is CCOc1ccc(-n2c(SCC(=O)N3CCCc4ccccc43)nnc2-c2cccc(Cl)c2)cc1. The highest BCUT2D eigenvalue weighted by atomic mass is 35.5. The van der Waals surface area contributed by atoms with Crippen LogP contribution in [0.1, 0.15) is 18.9 Å². The highest BCUT2D eigenvalue weighted by Gasteiger charge is 2.24. The molecule has 3 aromatic carbocycles. The van der Waals surface area contributed by atoms with Gasteiger partial charge in [0, 0.05) is 28.5 Å². The molecule has 0 unspecified atom stereocenters. The summed E-state index contributed by atoms with van der Waals surface area (Å²) in [6, 6.07) is 23.4. The maximum Gasteiger partial charge on any atom is 0.237 e. The van der Waals surface area contributed by atoms with E-state index in [-0.39, 0.29) is 11.7 Å². The number of hydrogen-bond acceptors (Lipinski definition) is 5. The summed E-state index contributed by atoms with van der Waals surface area (Å²) in [6.07, 6.45) is 1.97. The van der Waals surface area contributed by atoms with Crippen LogP contribution < -0.4 is 9.64 Å². The number of halogens is 1. The average Bonchev–Trinajstić information content (AvgIpc) is 3.31. The Labute approximate surface area is 213 Å². The molecule has 2 heterocycles. The zero-order valence-electron chi connectivity index (χ0n) is 19.4. The van der Waals surface area contributed by atoms with Crippen LogP contribution in [0.5, 0.6) is 5.75 Å². The highest BCUT2D eigenvalue weighted by Crippen LogP contribution is 2.32. The monoisotopic (exact) mass is 504 g/mol. The fourth-order valence-electron chi connectivity index (χ4n) is 4.27. The minimum Gasteiger partial charge on any atom is -0.494 e. The number of ether oxygens (including phenoxy) is 1. The molecular weight excluding hydrogens is 480 g/mol. The smallest absolute Gasteiger partial charge is 0.237 e. The van der Waals surface area contributed by atoms with Crippen molar-refractivity contribution in [2.75, 3.05) is 23.8 Å². The van der Waals surface area contributed by atoms with E-state index in [1.807, 2.05) is 83.1 Å². The predicted octanol–water partition coefficient (Wildman–Crippen LogP) is 6.06. The van der Waals surface area contributed by atoms with Gasteiger partial charge >= 0.3 is 0 Å². The molecule has 1 aliphatic heterocycles. The third-order valence-corrected chi connectivity index (χ3v) is 7.01. The number of aryl methyl sites for hydroxylation is 1. The Morgan fingerprint density at radius 1 is 1.06 bits per heavy atom. The van der Waals surface area contributed by atoms with Gasteiger partial charge in [-0.15, -0.1) is 10.2 Å². The van der Waals surface area contributed by atoms with Crippen LogP contribution in [0.2, 0.25) is 5.02 Å². The van der Waals surface area contributed by atoms with Gasteiger partial charge in [0.1, 0.15) is 5.75 Å². The molecule has 0 saturated heterocycles. The van der Waals surface area contributed by atoms with E-state index in [2.05, 4.69) is 16.3 Å². The summed E-state index contributed by atoms with van der Waals surface area (Å²) in [6.45, 7) is 3.29. The summed E-state index contributed by atoms with van der Waals surface area (Å²) in [5.41, 5.74) is 3.96. The van der Waals surface area contributed by atoms with Crippen LogP contribution in [0, 0.1) is 0 Å². The van der Waals surface area contributed by atoms with Crippen molar-refractivity contribution >= 4 is 35.0 Å². The molecule has 1 aromatic heterocycles. The van der Waals surface area contributed by atoms with Gasteiger partial charge < -0.3 is 9.64 Å². The van der Waals surface area contributed by atoms with Crippen molar-refractivity contribution in [1.82, 2.24) is 14.8 Å². The number of fused-ring (bicyclic) bond motifs is 1. The van der Waals surface area contributed by atoms with E-state index in [1.165, 1.54) is 17.3 Å². The average molecular weight is 505 g/mol. The summed E-state index contributed by atoms with van der Waals surface area (Å²) in [5.74, 6) is 1.78. The normalized spacial score (nSPS) is 12.9. The van der Waals surface area contributed by atoms with Crippen molar-refractivity contribution in [3.8, 4) is 22.8 Å². The molecule has 6 nitrogen and oxygen atoms in total. The molecular formula is C27H25ClN4O2S. The molecule has 0 saturated carbocycles. The first kappa shape index (κ1) is 23.5. The fraction of sp³-hybridized carbons (Fsp3) is 0.222. The molecule has 0 N–H and O–H groups in total. The summed E-state index contributed by atoms with van der Waals surface area (Å²) in [4.78, 5) is 15.1. The Hall–Kier alpha value is -3.29. The van der Waals surface area contributed by atoms with Gasteiger partial charge in [0.05, 0.1) is 12.4 Å². The third kappa shape index (κ3) is 5.06. The van der Waals surface area contributed by atoms with E-state index < -0.39 is 0 Å². The lowest BCUT2D eigenvalue weighted by Crippen LogP contribution is -2.36. The van der Waals surface area contributed by atoms with Crippen molar-refractivity contribution in [1.29, 1.82) is 0 Å². The van der Waals surface area contributed by atoms with Gasteiger partial charge in [0.2, 0.25) is 5.91 Å². The lowest BCUT2D eigenvalue weighted by Gasteiger charge is -2.29. The molecule has 0 fully saturated rings. The predicted molar refractivity (Wildman–Crippen MR) is 141 cm³/mol. The second-order valence-electron chi connectivity index (χ2n) is 8.15. The van der Waals surface area contributed by atoms with Gasteiger partial charge in [-0.3, -0.25) is 9.36 Å². The Balaban J connectivity index is 1.44. The molecule has 8 heteroatoms. The molecule has 0 aliphatic carbocycles. The number of nitrogens with zero attached hydrogens (tertiary/aromatic N) is 4. The number of benzene rings is 3. The number of carbonyl (C=O) groups is 1. The van der Waals surface area contributed by atoms with Crippen LogP contribution in [0.4, 0.5) is 5.69 Å². The van der Waals surface area contributed by atoms with E-state index in [9.17, 15) is 4.79 Å². The number of hydrogen-bond donors (Lipinski definition) is 0. The number of thioether (sulfide) groups is 1. The largest absolute Gasteiger partial charge is 0.494 e. The second kappa shape index (κ2) is 10.5. The summed E-state index contributed by atoms with van der Waals surface area (Å²) in [5, 5.41) is 10.2. The van der Waals surface area contributed by atoms with Crippen LogP contribution in [-0.4, -0.2) is 39.6 Å². The van der Waals surface area contributed by atoms with Gasteiger partial charge in [0.25, 0.3) is 0 Å². The molecule has 178 valence electrons. The molecule has 0 bridgehead atoms. The molecule has 4 aromatic rings. The van der Waals surface area contributed by atoms with E-state index in [0.717, 1.165) is 42.1 Å². The number of amides is 1. The summed E-state index contributed by atoms with van der Waals surface area (Å²) < 4.78 is 7.56. The standard InChI is InChI=1S/C27H25ClN4O2S/c1-2-34-23-14-12-22(13-15-23)32-26(20-8-5-10-21(28)17-20)29-30-27(32)35-18-25(33)31-16-6-9-19-7-3-4-11-24(19)31/h3-5,7-8,10-15,17H,2,6,9,16,18H2,1H3. The van der Waals surface area contributed by atoms with E-state index in [1.54, 1.807) is 0 Å². The fourth-order valence-corrected chi connectivity index (χ4v) is 5.28. The van der Waals surface area contributed by atoms with Crippen LogP contribution in [-0.2, 0) is 11.2 Å². The zero-order chi connectivity index (χ0) is 24.2. The number of anilines is 1. The van der Waals surface area contributed by atoms with E-state index >= 15 is 0 Å². The Kier molecular flexibility index (Phi) is 7.06. The van der Waals surface area contributed by atoms with Crippen LogP contribution in [0.3, 0.4) is 0 Å². The molecule has 35 heavy (non-hydrogen) atoms. The van der Waals surface area contributed by atoms with Crippen molar-refractivity contribution < 1.29 is 9.53 Å². The molecule has 1 amide bonds. The zero-order valence-corrected chi connectivity index (χ0v) is 20.9. The number of aromatic nitrogens is 3. The van der Waals surface area contributed by atoms with Crippen LogP contribution in [0.15, 0.2) is 78.0 Å². The molecule has 0 atom stereocenters. The van der Waals surface area contributed by atoms with E-state index in [0.29, 0.717) is 22.6 Å². The maximum atomic E-state index is 13.2. The Morgan fingerprint density at radius 3 is 2.69 bits per heavy atom. The van der Waals surface area contributed by atoms with Gasteiger partial charge in [-0.05, 0) is 67.8 Å². The lowest BCUT2D eigenvalue weighted by molar-refractivity contribution is -0.116. The maximum absolute atomic E-state index is 13.2. The van der Waals surface area contributed by atoms with Crippen molar-refractivity contribution in [3.05, 3.63) is 83.4 Å². The first-order valence-electron chi connectivity index (χ1n) is 11.6. The van der Waals surface area contributed by atoms with Crippen LogP contribution in [0.25, 0.3) is 17.1 Å². The number of para-hydroxylation sites is 1. The van der Waals surface area contributed by atoms with Crippen molar-refractivity contribution in [3.63, 3.8) is 0 Å². The third-order valence-electron chi connectivity index (χ3n) is 5.86. The Bertz CT molecular complexity index is 1340. The van der Waals surface area contributed by atoms with Crippen molar-refractivity contribution in [2.24, 2.45) is 0 Å². The van der Waals surface area contributed by atoms with Gasteiger partial charge in [-0.1, -0.05) is 53.7 Å².